The molecule has 0 radical (unpaired) electrons. The van der Waals surface area contributed by atoms with Crippen molar-refractivity contribution in [3.05, 3.63) is 48.0 Å². The summed E-state index contributed by atoms with van der Waals surface area (Å²) in [7, 11) is 0. The molecule has 0 fully saturated rings. The summed E-state index contributed by atoms with van der Waals surface area (Å²) in [5, 5.41) is 4.22. The molecule has 1 aromatic heterocycles. The van der Waals surface area contributed by atoms with Crippen molar-refractivity contribution >= 4 is 0 Å². The number of hydrazine groups is 1. The van der Waals surface area contributed by atoms with Gasteiger partial charge in [0.2, 0.25) is 0 Å². The van der Waals surface area contributed by atoms with E-state index in [-0.39, 0.29) is 6.04 Å². The summed E-state index contributed by atoms with van der Waals surface area (Å²) in [6.45, 7) is 3.02. The predicted molar refractivity (Wildman–Crippen MR) is 70.5 cm³/mol. The fourth-order valence-electron chi connectivity index (χ4n) is 1.99. The standard InChI is InChI=1S/C13H19N5/c1-2-8-18-13(15-10-16-18)9-12(17-14)11-6-4-3-5-7-11/h3-7,10,12,17H,2,8-9,14H2,1H3. The molecule has 0 aliphatic heterocycles. The molecule has 96 valence electrons. The van der Waals surface area contributed by atoms with Gasteiger partial charge >= 0.3 is 0 Å². The van der Waals surface area contributed by atoms with Gasteiger partial charge in [-0.1, -0.05) is 37.3 Å². The SMILES string of the molecule is CCCn1ncnc1CC(NN)c1ccccc1. The average Bonchev–Trinajstić information content (AvgIpc) is 2.85. The highest BCUT2D eigenvalue weighted by atomic mass is 15.3. The Kier molecular flexibility index (Phi) is 4.44. The quantitative estimate of drug-likeness (QED) is 0.597. The van der Waals surface area contributed by atoms with Crippen LogP contribution in [0.4, 0.5) is 0 Å². The second-order valence-electron chi connectivity index (χ2n) is 4.23. The number of aryl methyl sites for hydroxylation is 1. The number of aromatic nitrogens is 3. The Hall–Kier alpha value is -1.72. The van der Waals surface area contributed by atoms with Crippen LogP contribution in [-0.4, -0.2) is 14.8 Å². The molecule has 0 aliphatic carbocycles. The minimum atomic E-state index is 0.0611. The van der Waals surface area contributed by atoms with Crippen LogP contribution in [0, 0.1) is 0 Å². The van der Waals surface area contributed by atoms with Gasteiger partial charge < -0.3 is 0 Å². The second-order valence-corrected chi connectivity index (χ2v) is 4.23. The van der Waals surface area contributed by atoms with Crippen LogP contribution in [0.3, 0.4) is 0 Å². The minimum absolute atomic E-state index is 0.0611. The normalized spacial score (nSPS) is 12.6. The van der Waals surface area contributed by atoms with E-state index in [1.165, 1.54) is 0 Å². The molecule has 2 rings (SSSR count). The van der Waals surface area contributed by atoms with Crippen LogP contribution >= 0.6 is 0 Å². The molecule has 0 spiro atoms. The van der Waals surface area contributed by atoms with Gasteiger partial charge in [0, 0.05) is 13.0 Å². The van der Waals surface area contributed by atoms with Crippen molar-refractivity contribution in [3.63, 3.8) is 0 Å². The number of nitrogens with zero attached hydrogens (tertiary/aromatic N) is 3. The van der Waals surface area contributed by atoms with Crippen LogP contribution in [0.1, 0.15) is 30.8 Å². The van der Waals surface area contributed by atoms with Gasteiger partial charge in [-0.25, -0.2) is 4.98 Å². The van der Waals surface area contributed by atoms with Crippen LogP contribution in [-0.2, 0) is 13.0 Å². The lowest BCUT2D eigenvalue weighted by atomic mass is 10.0. The van der Waals surface area contributed by atoms with Gasteiger partial charge in [0.05, 0.1) is 6.04 Å². The molecule has 5 nitrogen and oxygen atoms in total. The fraction of sp³-hybridized carbons (Fsp3) is 0.385. The van der Waals surface area contributed by atoms with Gasteiger partial charge in [-0.15, -0.1) is 0 Å². The molecule has 3 N–H and O–H groups in total. The molecule has 2 aromatic rings. The van der Waals surface area contributed by atoms with Crippen LogP contribution in [0.2, 0.25) is 0 Å². The third-order valence-corrected chi connectivity index (χ3v) is 2.92. The topological polar surface area (TPSA) is 68.8 Å². The van der Waals surface area contributed by atoms with Gasteiger partial charge in [0.15, 0.2) is 0 Å². The van der Waals surface area contributed by atoms with Gasteiger partial charge in [-0.05, 0) is 12.0 Å². The lowest BCUT2D eigenvalue weighted by molar-refractivity contribution is 0.499. The zero-order valence-corrected chi connectivity index (χ0v) is 10.6. The van der Waals surface area contributed by atoms with Crippen molar-refractivity contribution < 1.29 is 0 Å². The first-order valence-electron chi connectivity index (χ1n) is 6.23. The molecule has 5 heteroatoms. The maximum atomic E-state index is 5.64. The summed E-state index contributed by atoms with van der Waals surface area (Å²) in [6, 6.07) is 10.2. The molecule has 1 heterocycles. The van der Waals surface area contributed by atoms with E-state index in [2.05, 4.69) is 34.6 Å². The zero-order valence-electron chi connectivity index (χ0n) is 10.6. The Balaban J connectivity index is 2.13. The van der Waals surface area contributed by atoms with Crippen molar-refractivity contribution in [1.29, 1.82) is 0 Å². The third-order valence-electron chi connectivity index (χ3n) is 2.92. The highest BCUT2D eigenvalue weighted by Gasteiger charge is 2.14. The first-order valence-corrected chi connectivity index (χ1v) is 6.23. The van der Waals surface area contributed by atoms with Gasteiger partial charge in [-0.3, -0.25) is 16.0 Å². The Morgan fingerprint density at radius 1 is 1.33 bits per heavy atom. The first kappa shape index (κ1) is 12.7. The van der Waals surface area contributed by atoms with E-state index in [1.807, 2.05) is 22.9 Å². The zero-order chi connectivity index (χ0) is 12.8. The summed E-state index contributed by atoms with van der Waals surface area (Å²) in [5.74, 6) is 6.60. The predicted octanol–water partition coefficient (Wildman–Crippen LogP) is 1.44. The molecule has 1 atom stereocenters. The van der Waals surface area contributed by atoms with Crippen LogP contribution < -0.4 is 11.3 Å². The lowest BCUT2D eigenvalue weighted by Crippen LogP contribution is -2.30. The Morgan fingerprint density at radius 2 is 2.11 bits per heavy atom. The van der Waals surface area contributed by atoms with E-state index in [9.17, 15) is 0 Å². The lowest BCUT2D eigenvalue weighted by Gasteiger charge is -2.16. The van der Waals surface area contributed by atoms with E-state index in [1.54, 1.807) is 6.33 Å². The van der Waals surface area contributed by atoms with Gasteiger partial charge in [0.1, 0.15) is 12.2 Å². The monoisotopic (exact) mass is 245 g/mol. The van der Waals surface area contributed by atoms with Crippen LogP contribution in [0.5, 0.6) is 0 Å². The Labute approximate surface area is 107 Å². The van der Waals surface area contributed by atoms with Crippen molar-refractivity contribution in [3.8, 4) is 0 Å². The van der Waals surface area contributed by atoms with Crippen molar-refractivity contribution in [2.24, 2.45) is 5.84 Å². The second kappa shape index (κ2) is 6.28. The molecule has 1 unspecified atom stereocenters. The molecule has 1 aromatic carbocycles. The Bertz CT molecular complexity index is 465. The van der Waals surface area contributed by atoms with Crippen molar-refractivity contribution in [2.75, 3.05) is 0 Å². The maximum absolute atomic E-state index is 5.64. The summed E-state index contributed by atoms with van der Waals surface area (Å²) in [4.78, 5) is 4.30. The maximum Gasteiger partial charge on any atom is 0.138 e. The smallest absolute Gasteiger partial charge is 0.138 e. The average molecular weight is 245 g/mol. The van der Waals surface area contributed by atoms with E-state index < -0.39 is 0 Å². The first-order chi connectivity index (χ1) is 8.85. The molecule has 18 heavy (non-hydrogen) atoms. The summed E-state index contributed by atoms with van der Waals surface area (Å²) >= 11 is 0. The number of nitrogens with one attached hydrogen (secondary N) is 1. The molecule has 0 aliphatic rings. The van der Waals surface area contributed by atoms with E-state index in [0.717, 1.165) is 30.8 Å². The number of hydrogen-bond acceptors (Lipinski definition) is 4. The number of benzene rings is 1. The fourth-order valence-corrected chi connectivity index (χ4v) is 1.99. The highest BCUT2D eigenvalue weighted by Crippen LogP contribution is 2.16. The molecular weight excluding hydrogens is 226 g/mol. The van der Waals surface area contributed by atoms with E-state index in [4.69, 9.17) is 5.84 Å². The Morgan fingerprint density at radius 3 is 2.78 bits per heavy atom. The molecule has 0 amide bonds. The van der Waals surface area contributed by atoms with Crippen molar-refractivity contribution in [1.82, 2.24) is 20.2 Å². The minimum Gasteiger partial charge on any atom is -0.271 e. The molecule has 0 saturated heterocycles. The van der Waals surface area contributed by atoms with Gasteiger partial charge in [0.25, 0.3) is 0 Å². The van der Waals surface area contributed by atoms with E-state index in [0.29, 0.717) is 0 Å². The van der Waals surface area contributed by atoms with Crippen LogP contribution in [0.25, 0.3) is 0 Å². The van der Waals surface area contributed by atoms with Gasteiger partial charge in [-0.2, -0.15) is 5.10 Å². The van der Waals surface area contributed by atoms with Crippen LogP contribution in [0.15, 0.2) is 36.7 Å². The number of hydrogen-bond donors (Lipinski definition) is 2. The number of rotatable bonds is 6. The largest absolute Gasteiger partial charge is 0.271 e. The van der Waals surface area contributed by atoms with Crippen molar-refractivity contribution in [2.45, 2.75) is 32.4 Å². The summed E-state index contributed by atoms with van der Waals surface area (Å²) in [6.07, 6.45) is 3.38. The summed E-state index contributed by atoms with van der Waals surface area (Å²) in [5.41, 5.74) is 4.00. The molecule has 0 bridgehead atoms. The highest BCUT2D eigenvalue weighted by molar-refractivity contribution is 5.19. The summed E-state index contributed by atoms with van der Waals surface area (Å²) < 4.78 is 1.94. The number of nitrogens with two attached hydrogens (primary N) is 1. The van der Waals surface area contributed by atoms with E-state index >= 15 is 0 Å². The molecule has 0 saturated carbocycles. The third kappa shape index (κ3) is 2.94. The molecular formula is C13H19N5.